The second kappa shape index (κ2) is 8.45. The number of aryl methyl sites for hydroxylation is 1. The first-order valence-electron chi connectivity index (χ1n) is 9.01. The van der Waals surface area contributed by atoms with E-state index in [1.165, 1.54) is 5.56 Å². The van der Waals surface area contributed by atoms with E-state index in [0.29, 0.717) is 31.0 Å². The highest BCUT2D eigenvalue weighted by Crippen LogP contribution is 2.35. The molecule has 1 unspecified atom stereocenters. The van der Waals surface area contributed by atoms with Crippen LogP contribution < -0.4 is 14.8 Å². The van der Waals surface area contributed by atoms with E-state index in [9.17, 15) is 4.79 Å². The standard InChI is InChI=1S/C21H24ClNO3/c1-3-25-19-11-16-10-14(2)26-20(16)12-17(19)13-23-21(24)9-6-15-4-7-18(22)8-5-15/h4-5,7-8,11-12,14H,3,6,9-10,13H2,1-2H3,(H,23,24). The molecule has 0 saturated heterocycles. The predicted molar refractivity (Wildman–Crippen MR) is 103 cm³/mol. The van der Waals surface area contributed by atoms with Crippen molar-refractivity contribution in [2.75, 3.05) is 6.61 Å². The molecule has 0 fully saturated rings. The lowest BCUT2D eigenvalue weighted by atomic mass is 10.1. The summed E-state index contributed by atoms with van der Waals surface area (Å²) in [6.45, 7) is 5.03. The summed E-state index contributed by atoms with van der Waals surface area (Å²) in [4.78, 5) is 12.2. The molecule has 0 aliphatic carbocycles. The van der Waals surface area contributed by atoms with Crippen molar-refractivity contribution < 1.29 is 14.3 Å². The Labute approximate surface area is 159 Å². The monoisotopic (exact) mass is 373 g/mol. The van der Waals surface area contributed by atoms with Crippen LogP contribution in [0.3, 0.4) is 0 Å². The first kappa shape index (κ1) is 18.6. The number of carbonyl (C=O) groups excluding carboxylic acids is 1. The van der Waals surface area contributed by atoms with Crippen LogP contribution in [0.5, 0.6) is 11.5 Å². The summed E-state index contributed by atoms with van der Waals surface area (Å²) in [6.07, 6.45) is 2.20. The fraction of sp³-hybridized carbons (Fsp3) is 0.381. The molecular weight excluding hydrogens is 350 g/mol. The molecule has 0 saturated carbocycles. The van der Waals surface area contributed by atoms with Gasteiger partial charge in [-0.3, -0.25) is 4.79 Å². The van der Waals surface area contributed by atoms with Crippen LogP contribution in [-0.4, -0.2) is 18.6 Å². The summed E-state index contributed by atoms with van der Waals surface area (Å²) in [5.74, 6) is 1.73. The highest BCUT2D eigenvalue weighted by Gasteiger charge is 2.22. The second-order valence-electron chi connectivity index (χ2n) is 6.54. The number of benzene rings is 2. The Morgan fingerprint density at radius 1 is 1.31 bits per heavy atom. The Morgan fingerprint density at radius 3 is 2.81 bits per heavy atom. The van der Waals surface area contributed by atoms with Crippen LogP contribution in [0.4, 0.5) is 0 Å². The minimum atomic E-state index is 0.0113. The molecule has 1 atom stereocenters. The third-order valence-corrected chi connectivity index (χ3v) is 4.66. The van der Waals surface area contributed by atoms with Gasteiger partial charge in [0.2, 0.25) is 5.91 Å². The quantitative estimate of drug-likeness (QED) is 0.786. The molecule has 2 aromatic carbocycles. The van der Waals surface area contributed by atoms with Crippen molar-refractivity contribution in [2.45, 2.75) is 45.8 Å². The van der Waals surface area contributed by atoms with Gasteiger partial charge in [0.1, 0.15) is 17.6 Å². The minimum Gasteiger partial charge on any atom is -0.494 e. The zero-order valence-electron chi connectivity index (χ0n) is 15.2. The van der Waals surface area contributed by atoms with Crippen molar-refractivity contribution >= 4 is 17.5 Å². The van der Waals surface area contributed by atoms with Gasteiger partial charge in [-0.15, -0.1) is 0 Å². The average Bonchev–Trinajstić information content (AvgIpc) is 2.98. The van der Waals surface area contributed by atoms with Gasteiger partial charge in [0, 0.05) is 35.5 Å². The summed E-state index contributed by atoms with van der Waals surface area (Å²) < 4.78 is 11.6. The van der Waals surface area contributed by atoms with E-state index in [1.807, 2.05) is 43.3 Å². The molecule has 138 valence electrons. The number of hydrogen-bond acceptors (Lipinski definition) is 3. The second-order valence-corrected chi connectivity index (χ2v) is 6.97. The van der Waals surface area contributed by atoms with Crippen LogP contribution in [0, 0.1) is 0 Å². The average molecular weight is 374 g/mol. The van der Waals surface area contributed by atoms with Gasteiger partial charge >= 0.3 is 0 Å². The van der Waals surface area contributed by atoms with E-state index in [0.717, 1.165) is 29.0 Å². The van der Waals surface area contributed by atoms with Gasteiger partial charge in [-0.1, -0.05) is 23.7 Å². The smallest absolute Gasteiger partial charge is 0.220 e. The summed E-state index contributed by atoms with van der Waals surface area (Å²) in [6, 6.07) is 11.6. The lowest BCUT2D eigenvalue weighted by molar-refractivity contribution is -0.121. The number of amides is 1. The predicted octanol–water partition coefficient (Wildman–Crippen LogP) is 4.31. The fourth-order valence-electron chi connectivity index (χ4n) is 3.10. The SMILES string of the molecule is CCOc1cc2c(cc1CNC(=O)CCc1ccc(Cl)cc1)OC(C)C2. The van der Waals surface area contributed by atoms with Gasteiger partial charge in [0.15, 0.2) is 0 Å². The molecule has 1 N–H and O–H groups in total. The number of carbonyl (C=O) groups is 1. The van der Waals surface area contributed by atoms with Crippen LogP contribution in [-0.2, 0) is 24.2 Å². The van der Waals surface area contributed by atoms with Gasteiger partial charge in [-0.2, -0.15) is 0 Å². The summed E-state index contributed by atoms with van der Waals surface area (Å²) in [7, 11) is 0. The maximum Gasteiger partial charge on any atom is 0.220 e. The molecule has 0 aromatic heterocycles. The summed E-state index contributed by atoms with van der Waals surface area (Å²) in [5, 5.41) is 3.68. The van der Waals surface area contributed by atoms with Crippen LogP contribution in [0.2, 0.25) is 5.02 Å². The van der Waals surface area contributed by atoms with Gasteiger partial charge < -0.3 is 14.8 Å². The number of hydrogen-bond donors (Lipinski definition) is 1. The molecule has 0 radical (unpaired) electrons. The van der Waals surface area contributed by atoms with Crippen molar-refractivity contribution in [2.24, 2.45) is 0 Å². The lowest BCUT2D eigenvalue weighted by Crippen LogP contribution is -2.23. The molecule has 2 aromatic rings. The highest BCUT2D eigenvalue weighted by atomic mass is 35.5. The van der Waals surface area contributed by atoms with E-state index in [-0.39, 0.29) is 12.0 Å². The lowest BCUT2D eigenvalue weighted by Gasteiger charge is -2.13. The number of rotatable bonds is 7. The molecule has 26 heavy (non-hydrogen) atoms. The largest absolute Gasteiger partial charge is 0.494 e. The van der Waals surface area contributed by atoms with Crippen molar-refractivity contribution in [1.82, 2.24) is 5.32 Å². The van der Waals surface area contributed by atoms with Gasteiger partial charge in [0.25, 0.3) is 0 Å². The van der Waals surface area contributed by atoms with E-state index in [2.05, 4.69) is 12.2 Å². The Morgan fingerprint density at radius 2 is 2.08 bits per heavy atom. The highest BCUT2D eigenvalue weighted by molar-refractivity contribution is 6.30. The normalized spacial score (nSPS) is 15.3. The number of nitrogens with one attached hydrogen (secondary N) is 1. The molecule has 0 spiro atoms. The summed E-state index contributed by atoms with van der Waals surface area (Å²) >= 11 is 5.88. The molecule has 1 aliphatic rings. The summed E-state index contributed by atoms with van der Waals surface area (Å²) in [5.41, 5.74) is 3.21. The van der Waals surface area contributed by atoms with Gasteiger partial charge in [-0.25, -0.2) is 0 Å². The minimum absolute atomic E-state index is 0.0113. The van der Waals surface area contributed by atoms with Gasteiger partial charge in [-0.05, 0) is 50.1 Å². The topological polar surface area (TPSA) is 47.6 Å². The fourth-order valence-corrected chi connectivity index (χ4v) is 3.23. The molecule has 5 heteroatoms. The van der Waals surface area contributed by atoms with Crippen LogP contribution in [0.15, 0.2) is 36.4 Å². The maximum absolute atomic E-state index is 12.2. The molecule has 0 bridgehead atoms. The number of ether oxygens (including phenoxy) is 2. The van der Waals surface area contributed by atoms with Crippen molar-refractivity contribution in [3.8, 4) is 11.5 Å². The Bertz CT molecular complexity index is 774. The molecule has 1 heterocycles. The first-order valence-corrected chi connectivity index (χ1v) is 9.39. The maximum atomic E-state index is 12.2. The molecule has 1 aliphatic heterocycles. The Kier molecular flexibility index (Phi) is 6.04. The van der Waals surface area contributed by atoms with Crippen molar-refractivity contribution in [1.29, 1.82) is 0 Å². The van der Waals surface area contributed by atoms with E-state index in [1.54, 1.807) is 0 Å². The zero-order chi connectivity index (χ0) is 18.5. The van der Waals surface area contributed by atoms with Crippen molar-refractivity contribution in [3.63, 3.8) is 0 Å². The number of halogens is 1. The zero-order valence-corrected chi connectivity index (χ0v) is 15.9. The van der Waals surface area contributed by atoms with E-state index >= 15 is 0 Å². The Hall–Kier alpha value is -2.20. The van der Waals surface area contributed by atoms with Crippen LogP contribution >= 0.6 is 11.6 Å². The number of fused-ring (bicyclic) bond motifs is 1. The Balaban J connectivity index is 1.58. The first-order chi connectivity index (χ1) is 12.5. The molecule has 1 amide bonds. The molecular formula is C21H24ClNO3. The van der Waals surface area contributed by atoms with Gasteiger partial charge in [0.05, 0.1) is 6.61 Å². The molecule has 4 nitrogen and oxygen atoms in total. The van der Waals surface area contributed by atoms with Crippen LogP contribution in [0.25, 0.3) is 0 Å². The third kappa shape index (κ3) is 4.70. The molecule has 3 rings (SSSR count). The third-order valence-electron chi connectivity index (χ3n) is 4.41. The van der Waals surface area contributed by atoms with E-state index < -0.39 is 0 Å². The van der Waals surface area contributed by atoms with Crippen molar-refractivity contribution in [3.05, 3.63) is 58.1 Å². The van der Waals surface area contributed by atoms with Crippen LogP contribution in [0.1, 0.15) is 37.0 Å². The van der Waals surface area contributed by atoms with E-state index in [4.69, 9.17) is 21.1 Å².